The summed E-state index contributed by atoms with van der Waals surface area (Å²) in [7, 11) is 0. The second-order valence-electron chi connectivity index (χ2n) is 3.59. The maximum Gasteiger partial charge on any atom is 0.220 e. The highest BCUT2D eigenvalue weighted by molar-refractivity contribution is 5.58. The SMILES string of the molecule is Cc1ccc(-c2ccc(O)c(=O)cc2)nc1. The zero-order valence-corrected chi connectivity index (χ0v) is 8.84. The minimum atomic E-state index is -0.390. The molecule has 2 rings (SSSR count). The van der Waals surface area contributed by atoms with Gasteiger partial charge in [0.15, 0.2) is 5.75 Å². The molecule has 0 spiro atoms. The standard InChI is InChI=1S/C13H11NO2/c1-9-2-5-11(14-8-9)10-3-6-12(15)13(16)7-4-10/h2-8H,1H3,(H,15,16). The Morgan fingerprint density at radius 1 is 1.06 bits per heavy atom. The van der Waals surface area contributed by atoms with E-state index in [4.69, 9.17) is 0 Å². The van der Waals surface area contributed by atoms with Gasteiger partial charge in [-0.25, -0.2) is 0 Å². The molecule has 1 aromatic heterocycles. The smallest absolute Gasteiger partial charge is 0.220 e. The van der Waals surface area contributed by atoms with Crippen molar-refractivity contribution in [2.75, 3.05) is 0 Å². The summed E-state index contributed by atoms with van der Waals surface area (Å²) in [5.74, 6) is -0.252. The van der Waals surface area contributed by atoms with Crippen molar-refractivity contribution in [1.29, 1.82) is 0 Å². The Morgan fingerprint density at radius 2 is 1.81 bits per heavy atom. The fraction of sp³-hybridized carbons (Fsp3) is 0.0769. The van der Waals surface area contributed by atoms with Crippen molar-refractivity contribution in [2.45, 2.75) is 6.92 Å². The van der Waals surface area contributed by atoms with Gasteiger partial charge in [0.05, 0.1) is 5.69 Å². The van der Waals surface area contributed by atoms with Crippen LogP contribution in [0.4, 0.5) is 0 Å². The minimum Gasteiger partial charge on any atom is -0.504 e. The lowest BCUT2D eigenvalue weighted by Crippen LogP contribution is -1.91. The average molecular weight is 213 g/mol. The van der Waals surface area contributed by atoms with Gasteiger partial charge < -0.3 is 5.11 Å². The summed E-state index contributed by atoms with van der Waals surface area (Å²) in [6, 6.07) is 9.89. The van der Waals surface area contributed by atoms with E-state index in [1.807, 2.05) is 19.1 Å². The molecule has 0 saturated carbocycles. The Bertz CT molecular complexity index is 562. The van der Waals surface area contributed by atoms with Crippen LogP contribution < -0.4 is 5.43 Å². The highest BCUT2D eigenvalue weighted by Gasteiger charge is 1.99. The number of aryl methyl sites for hydroxylation is 1. The molecule has 3 nitrogen and oxygen atoms in total. The first-order valence-electron chi connectivity index (χ1n) is 4.93. The molecule has 80 valence electrons. The van der Waals surface area contributed by atoms with Crippen LogP contribution in [-0.2, 0) is 0 Å². The first kappa shape index (κ1) is 10.4. The molecule has 0 bridgehead atoms. The molecule has 0 aliphatic heterocycles. The van der Waals surface area contributed by atoms with Crippen LogP contribution in [0.3, 0.4) is 0 Å². The summed E-state index contributed by atoms with van der Waals surface area (Å²) in [5, 5.41) is 9.26. The van der Waals surface area contributed by atoms with Gasteiger partial charge in [-0.1, -0.05) is 6.07 Å². The number of rotatable bonds is 1. The molecule has 0 aliphatic carbocycles. The second kappa shape index (κ2) is 4.14. The molecular weight excluding hydrogens is 202 g/mol. The van der Waals surface area contributed by atoms with Crippen molar-refractivity contribution in [3.63, 3.8) is 0 Å². The van der Waals surface area contributed by atoms with E-state index in [0.29, 0.717) is 0 Å². The number of aromatic nitrogens is 1. The Kier molecular flexibility index (Phi) is 2.68. The first-order valence-corrected chi connectivity index (χ1v) is 4.93. The zero-order chi connectivity index (χ0) is 11.5. The fourth-order valence-electron chi connectivity index (χ4n) is 1.37. The predicted octanol–water partition coefficient (Wildman–Crippen LogP) is 2.12. The van der Waals surface area contributed by atoms with Crippen LogP contribution in [0.5, 0.6) is 5.75 Å². The molecule has 3 heteroatoms. The van der Waals surface area contributed by atoms with Gasteiger partial charge in [-0.2, -0.15) is 0 Å². The molecule has 0 saturated heterocycles. The molecule has 1 N–H and O–H groups in total. The van der Waals surface area contributed by atoms with E-state index in [9.17, 15) is 9.90 Å². The maximum absolute atomic E-state index is 11.2. The molecule has 0 aliphatic rings. The molecule has 0 fully saturated rings. The van der Waals surface area contributed by atoms with E-state index in [2.05, 4.69) is 4.98 Å². The maximum atomic E-state index is 11.2. The molecule has 0 unspecified atom stereocenters. The predicted molar refractivity (Wildman–Crippen MR) is 62.3 cm³/mol. The van der Waals surface area contributed by atoms with Crippen LogP contribution >= 0.6 is 0 Å². The van der Waals surface area contributed by atoms with Crippen LogP contribution in [0.1, 0.15) is 5.56 Å². The molecule has 0 atom stereocenters. The Labute approximate surface area is 93.0 Å². The van der Waals surface area contributed by atoms with Gasteiger partial charge in [-0.15, -0.1) is 0 Å². The number of pyridine rings is 1. The lowest BCUT2D eigenvalue weighted by molar-refractivity contribution is 0.471. The van der Waals surface area contributed by atoms with Crippen molar-refractivity contribution in [2.24, 2.45) is 0 Å². The largest absolute Gasteiger partial charge is 0.504 e. The highest BCUT2D eigenvalue weighted by atomic mass is 16.3. The van der Waals surface area contributed by atoms with Crippen molar-refractivity contribution >= 4 is 0 Å². The monoisotopic (exact) mass is 213 g/mol. The Hall–Kier alpha value is -2.16. The molecule has 2 aromatic rings. The third-order valence-corrected chi connectivity index (χ3v) is 2.29. The summed E-state index contributed by atoms with van der Waals surface area (Å²) >= 11 is 0. The van der Waals surface area contributed by atoms with Gasteiger partial charge in [0.2, 0.25) is 5.43 Å². The van der Waals surface area contributed by atoms with Gasteiger partial charge in [0.1, 0.15) is 0 Å². The normalized spacial score (nSPS) is 10.1. The van der Waals surface area contributed by atoms with Crippen molar-refractivity contribution < 1.29 is 5.11 Å². The van der Waals surface area contributed by atoms with E-state index < -0.39 is 5.43 Å². The number of hydrogen-bond acceptors (Lipinski definition) is 3. The van der Waals surface area contributed by atoms with E-state index in [-0.39, 0.29) is 5.75 Å². The van der Waals surface area contributed by atoms with Gasteiger partial charge in [-0.05, 0) is 42.8 Å². The summed E-state index contributed by atoms with van der Waals surface area (Å²) in [6.07, 6.45) is 1.76. The topological polar surface area (TPSA) is 50.2 Å². The van der Waals surface area contributed by atoms with Crippen molar-refractivity contribution in [3.05, 3.63) is 58.4 Å². The number of nitrogens with zero attached hydrogens (tertiary/aromatic N) is 1. The molecule has 1 heterocycles. The molecule has 16 heavy (non-hydrogen) atoms. The second-order valence-corrected chi connectivity index (χ2v) is 3.59. The molecule has 1 aromatic carbocycles. The van der Waals surface area contributed by atoms with Gasteiger partial charge >= 0.3 is 0 Å². The van der Waals surface area contributed by atoms with E-state index in [1.165, 1.54) is 12.1 Å². The van der Waals surface area contributed by atoms with Crippen LogP contribution in [-0.4, -0.2) is 10.1 Å². The average Bonchev–Trinajstić information content (AvgIpc) is 2.44. The van der Waals surface area contributed by atoms with Crippen LogP contribution in [0.15, 0.2) is 47.4 Å². The lowest BCUT2D eigenvalue weighted by Gasteiger charge is -1.97. The summed E-state index contributed by atoms with van der Waals surface area (Å²) in [6.45, 7) is 1.96. The third kappa shape index (κ3) is 2.08. The van der Waals surface area contributed by atoms with E-state index in [0.717, 1.165) is 16.8 Å². The summed E-state index contributed by atoms with van der Waals surface area (Å²) in [4.78, 5) is 15.4. The number of hydrogen-bond donors (Lipinski definition) is 1. The minimum absolute atomic E-state index is 0.252. The van der Waals surface area contributed by atoms with Gasteiger partial charge in [-0.3, -0.25) is 9.78 Å². The molecule has 0 radical (unpaired) electrons. The Morgan fingerprint density at radius 3 is 2.50 bits per heavy atom. The van der Waals surface area contributed by atoms with Crippen molar-refractivity contribution in [3.8, 4) is 17.0 Å². The van der Waals surface area contributed by atoms with Crippen LogP contribution in [0.2, 0.25) is 0 Å². The fourth-order valence-corrected chi connectivity index (χ4v) is 1.37. The van der Waals surface area contributed by atoms with E-state index >= 15 is 0 Å². The van der Waals surface area contributed by atoms with Crippen LogP contribution in [0, 0.1) is 6.92 Å². The third-order valence-electron chi connectivity index (χ3n) is 2.29. The van der Waals surface area contributed by atoms with Crippen molar-refractivity contribution in [1.82, 2.24) is 4.98 Å². The van der Waals surface area contributed by atoms with Gasteiger partial charge in [0.25, 0.3) is 0 Å². The van der Waals surface area contributed by atoms with Gasteiger partial charge in [0, 0.05) is 11.8 Å². The first-order chi connectivity index (χ1) is 7.66. The highest BCUT2D eigenvalue weighted by Crippen LogP contribution is 2.16. The molecule has 0 amide bonds. The van der Waals surface area contributed by atoms with Crippen LogP contribution in [0.25, 0.3) is 11.3 Å². The summed E-state index contributed by atoms with van der Waals surface area (Å²) < 4.78 is 0. The molecular formula is C13H11NO2. The zero-order valence-electron chi connectivity index (χ0n) is 8.84. The van der Waals surface area contributed by atoms with E-state index in [1.54, 1.807) is 18.3 Å². The lowest BCUT2D eigenvalue weighted by atomic mass is 10.2. The summed E-state index contributed by atoms with van der Waals surface area (Å²) in [5.41, 5.74) is 2.27. The quantitative estimate of drug-likeness (QED) is 0.789. The number of aromatic hydroxyl groups is 1. The Balaban J connectivity index is 2.53.